The Bertz CT molecular complexity index is 345. The van der Waals surface area contributed by atoms with E-state index in [1.165, 1.54) is 0 Å². The molecule has 0 spiro atoms. The SMILES string of the molecule is CCOC(=O)C[C@H](O)COc1ccc(C)cc1. The Morgan fingerprint density at radius 2 is 2.00 bits per heavy atom. The van der Waals surface area contributed by atoms with Crippen molar-refractivity contribution in [3.05, 3.63) is 29.8 Å². The summed E-state index contributed by atoms with van der Waals surface area (Å²) in [6, 6.07) is 7.50. The van der Waals surface area contributed by atoms with Crippen molar-refractivity contribution in [3.63, 3.8) is 0 Å². The van der Waals surface area contributed by atoms with Gasteiger partial charge in [0.1, 0.15) is 12.4 Å². The fraction of sp³-hybridized carbons (Fsp3) is 0.462. The summed E-state index contributed by atoms with van der Waals surface area (Å²) in [5, 5.41) is 9.54. The largest absolute Gasteiger partial charge is 0.491 e. The number of hydrogen-bond acceptors (Lipinski definition) is 4. The predicted molar refractivity (Wildman–Crippen MR) is 63.9 cm³/mol. The monoisotopic (exact) mass is 238 g/mol. The number of hydrogen-bond donors (Lipinski definition) is 1. The van der Waals surface area contributed by atoms with Crippen LogP contribution in [-0.4, -0.2) is 30.4 Å². The standard InChI is InChI=1S/C13H18O4/c1-3-16-13(15)8-11(14)9-17-12-6-4-10(2)5-7-12/h4-7,11,14H,3,8-9H2,1-2H3/t11-/m0/s1. The lowest BCUT2D eigenvalue weighted by molar-refractivity contribution is -0.145. The molecule has 17 heavy (non-hydrogen) atoms. The van der Waals surface area contributed by atoms with Crippen LogP contribution in [0.4, 0.5) is 0 Å². The third-order valence-electron chi connectivity index (χ3n) is 2.17. The van der Waals surface area contributed by atoms with Crippen molar-refractivity contribution in [1.82, 2.24) is 0 Å². The molecule has 0 aliphatic rings. The molecule has 1 rings (SSSR count). The number of carbonyl (C=O) groups is 1. The first-order valence-corrected chi connectivity index (χ1v) is 5.65. The number of benzene rings is 1. The minimum Gasteiger partial charge on any atom is -0.491 e. The Kier molecular flexibility index (Phi) is 5.49. The molecule has 1 N–H and O–H groups in total. The van der Waals surface area contributed by atoms with Crippen LogP contribution in [0.1, 0.15) is 18.9 Å². The van der Waals surface area contributed by atoms with Gasteiger partial charge in [-0.3, -0.25) is 4.79 Å². The molecule has 4 nitrogen and oxygen atoms in total. The summed E-state index contributed by atoms with van der Waals surface area (Å²) in [5.74, 6) is 0.269. The second-order valence-electron chi connectivity index (χ2n) is 3.79. The van der Waals surface area contributed by atoms with Gasteiger partial charge in [0, 0.05) is 0 Å². The van der Waals surface area contributed by atoms with Crippen LogP contribution in [0.3, 0.4) is 0 Å². The molecule has 1 aromatic rings. The molecule has 0 saturated carbocycles. The highest BCUT2D eigenvalue weighted by atomic mass is 16.5. The van der Waals surface area contributed by atoms with Crippen LogP contribution < -0.4 is 4.74 Å². The lowest BCUT2D eigenvalue weighted by atomic mass is 10.2. The van der Waals surface area contributed by atoms with Crippen molar-refractivity contribution >= 4 is 5.97 Å². The van der Waals surface area contributed by atoms with Gasteiger partial charge in [0.2, 0.25) is 0 Å². The van der Waals surface area contributed by atoms with Crippen molar-refractivity contribution in [2.75, 3.05) is 13.2 Å². The Labute approximate surface area is 101 Å². The van der Waals surface area contributed by atoms with E-state index < -0.39 is 12.1 Å². The van der Waals surface area contributed by atoms with E-state index >= 15 is 0 Å². The number of aliphatic hydroxyl groups is 1. The zero-order chi connectivity index (χ0) is 12.7. The van der Waals surface area contributed by atoms with Crippen molar-refractivity contribution < 1.29 is 19.4 Å². The summed E-state index contributed by atoms with van der Waals surface area (Å²) in [6.45, 7) is 4.12. The van der Waals surface area contributed by atoms with Gasteiger partial charge in [0.15, 0.2) is 0 Å². The predicted octanol–water partition coefficient (Wildman–Crippen LogP) is 1.69. The van der Waals surface area contributed by atoms with E-state index in [2.05, 4.69) is 0 Å². The summed E-state index contributed by atoms with van der Waals surface area (Å²) in [4.78, 5) is 11.1. The summed E-state index contributed by atoms with van der Waals surface area (Å²) >= 11 is 0. The van der Waals surface area contributed by atoms with Crippen LogP contribution in [-0.2, 0) is 9.53 Å². The van der Waals surface area contributed by atoms with Gasteiger partial charge in [-0.25, -0.2) is 0 Å². The number of carbonyl (C=O) groups excluding carboxylic acids is 1. The van der Waals surface area contributed by atoms with Gasteiger partial charge < -0.3 is 14.6 Å². The van der Waals surface area contributed by atoms with Crippen LogP contribution in [0.25, 0.3) is 0 Å². The van der Waals surface area contributed by atoms with E-state index in [0.717, 1.165) is 5.56 Å². The maximum atomic E-state index is 11.1. The molecule has 0 saturated heterocycles. The second kappa shape index (κ2) is 6.91. The third-order valence-corrected chi connectivity index (χ3v) is 2.17. The molecule has 0 aliphatic heterocycles. The lowest BCUT2D eigenvalue weighted by Gasteiger charge is -2.11. The van der Waals surface area contributed by atoms with Gasteiger partial charge in [0.05, 0.1) is 19.1 Å². The summed E-state index contributed by atoms with van der Waals surface area (Å²) in [6.07, 6.45) is -0.880. The Morgan fingerprint density at radius 3 is 2.59 bits per heavy atom. The molecule has 0 radical (unpaired) electrons. The van der Waals surface area contributed by atoms with Gasteiger partial charge in [0.25, 0.3) is 0 Å². The second-order valence-corrected chi connectivity index (χ2v) is 3.79. The molecule has 1 aromatic carbocycles. The maximum absolute atomic E-state index is 11.1. The highest BCUT2D eigenvalue weighted by molar-refractivity contribution is 5.69. The molecule has 0 aliphatic carbocycles. The van der Waals surface area contributed by atoms with E-state index in [1.54, 1.807) is 6.92 Å². The molecular formula is C13H18O4. The summed E-state index contributed by atoms with van der Waals surface area (Å²) in [5.41, 5.74) is 1.14. The van der Waals surface area contributed by atoms with E-state index in [9.17, 15) is 9.90 Å². The average molecular weight is 238 g/mol. The fourth-order valence-electron chi connectivity index (χ4n) is 1.30. The summed E-state index contributed by atoms with van der Waals surface area (Å²) in [7, 11) is 0. The zero-order valence-corrected chi connectivity index (χ0v) is 10.2. The normalized spacial score (nSPS) is 11.9. The highest BCUT2D eigenvalue weighted by Gasteiger charge is 2.12. The smallest absolute Gasteiger partial charge is 0.308 e. The van der Waals surface area contributed by atoms with Crippen molar-refractivity contribution in [3.8, 4) is 5.75 Å². The highest BCUT2D eigenvalue weighted by Crippen LogP contribution is 2.12. The topological polar surface area (TPSA) is 55.8 Å². The fourth-order valence-corrected chi connectivity index (χ4v) is 1.30. The van der Waals surface area contributed by atoms with Crippen molar-refractivity contribution in [2.45, 2.75) is 26.4 Å². The van der Waals surface area contributed by atoms with Crippen LogP contribution in [0.5, 0.6) is 5.75 Å². The van der Waals surface area contributed by atoms with Crippen molar-refractivity contribution in [2.24, 2.45) is 0 Å². The molecule has 94 valence electrons. The lowest BCUT2D eigenvalue weighted by Crippen LogP contribution is -2.22. The van der Waals surface area contributed by atoms with Crippen LogP contribution >= 0.6 is 0 Å². The van der Waals surface area contributed by atoms with E-state index in [-0.39, 0.29) is 13.0 Å². The van der Waals surface area contributed by atoms with Gasteiger partial charge in [-0.05, 0) is 26.0 Å². The first-order chi connectivity index (χ1) is 8.11. The van der Waals surface area contributed by atoms with Crippen LogP contribution in [0.15, 0.2) is 24.3 Å². The zero-order valence-electron chi connectivity index (χ0n) is 10.2. The Morgan fingerprint density at radius 1 is 1.35 bits per heavy atom. The van der Waals surface area contributed by atoms with Crippen LogP contribution in [0, 0.1) is 6.92 Å². The minimum atomic E-state index is -0.838. The molecule has 0 unspecified atom stereocenters. The quantitative estimate of drug-likeness (QED) is 0.766. The van der Waals surface area contributed by atoms with Gasteiger partial charge in [-0.2, -0.15) is 0 Å². The van der Waals surface area contributed by atoms with Gasteiger partial charge in [-0.1, -0.05) is 17.7 Å². The molecule has 1 atom stereocenters. The number of rotatable bonds is 6. The molecule has 0 amide bonds. The third kappa shape index (κ3) is 5.36. The van der Waals surface area contributed by atoms with E-state index in [0.29, 0.717) is 12.4 Å². The molecule has 0 aromatic heterocycles. The number of ether oxygens (including phenoxy) is 2. The van der Waals surface area contributed by atoms with Gasteiger partial charge in [-0.15, -0.1) is 0 Å². The minimum absolute atomic E-state index is 0.0420. The Balaban J connectivity index is 2.30. The number of aryl methyl sites for hydroxylation is 1. The molecule has 0 fully saturated rings. The first kappa shape index (κ1) is 13.5. The van der Waals surface area contributed by atoms with Crippen molar-refractivity contribution in [1.29, 1.82) is 0 Å². The van der Waals surface area contributed by atoms with Crippen LogP contribution in [0.2, 0.25) is 0 Å². The van der Waals surface area contributed by atoms with E-state index in [4.69, 9.17) is 9.47 Å². The maximum Gasteiger partial charge on any atom is 0.308 e. The molecule has 4 heteroatoms. The van der Waals surface area contributed by atoms with E-state index in [1.807, 2.05) is 31.2 Å². The number of aliphatic hydroxyl groups excluding tert-OH is 1. The number of esters is 1. The molecule has 0 heterocycles. The Hall–Kier alpha value is -1.55. The first-order valence-electron chi connectivity index (χ1n) is 5.65. The average Bonchev–Trinajstić information content (AvgIpc) is 2.28. The molecular weight excluding hydrogens is 220 g/mol. The molecule has 0 bridgehead atoms. The van der Waals surface area contributed by atoms with Gasteiger partial charge >= 0.3 is 5.97 Å². The summed E-state index contributed by atoms with van der Waals surface area (Å²) < 4.78 is 10.1.